The minimum atomic E-state index is -0.130. The number of para-hydroxylation sites is 1. The van der Waals surface area contributed by atoms with E-state index in [4.69, 9.17) is 14.2 Å². The molecule has 1 aliphatic heterocycles. The van der Waals surface area contributed by atoms with Gasteiger partial charge in [0.1, 0.15) is 18.5 Å². The smallest absolute Gasteiger partial charge is 0.162 e. The molecule has 2 aromatic rings. The summed E-state index contributed by atoms with van der Waals surface area (Å²) in [5.74, 6) is 0.890. The minimum absolute atomic E-state index is 0.0750. The zero-order chi connectivity index (χ0) is 18.7. The first kappa shape index (κ1) is 19.5. The maximum atomic E-state index is 12.1. The van der Waals surface area contributed by atoms with Gasteiger partial charge < -0.3 is 14.2 Å². The molecule has 0 amide bonds. The number of ketones is 1. The van der Waals surface area contributed by atoms with E-state index in [1.807, 2.05) is 60.7 Å². The molecule has 1 atom stereocenters. The predicted octanol–water partition coefficient (Wildman–Crippen LogP) is 2.59. The molecule has 0 radical (unpaired) electrons. The summed E-state index contributed by atoms with van der Waals surface area (Å²) >= 11 is 0. The Hall–Kier alpha value is -2.21. The molecule has 144 valence electrons. The third kappa shape index (κ3) is 7.13. The van der Waals surface area contributed by atoms with Crippen LogP contribution in [-0.4, -0.2) is 62.8 Å². The number of ether oxygens (including phenoxy) is 3. The molecule has 0 saturated carbocycles. The van der Waals surface area contributed by atoms with Crippen molar-refractivity contribution >= 4 is 5.78 Å². The predicted molar refractivity (Wildman–Crippen MR) is 104 cm³/mol. The average molecular weight is 369 g/mol. The SMILES string of the molecule is O=C(COCC(CN1CCOCC1)Oc1ccccc1)Cc1ccccc1. The number of nitrogens with zero attached hydrogens (tertiary/aromatic N) is 1. The normalized spacial score (nSPS) is 16.0. The molecule has 1 aliphatic rings. The maximum Gasteiger partial charge on any atom is 0.162 e. The Kier molecular flexibility index (Phi) is 7.84. The van der Waals surface area contributed by atoms with Gasteiger partial charge in [0.25, 0.3) is 0 Å². The van der Waals surface area contributed by atoms with Crippen LogP contribution in [0.2, 0.25) is 0 Å². The lowest BCUT2D eigenvalue weighted by atomic mass is 10.1. The lowest BCUT2D eigenvalue weighted by molar-refractivity contribution is -0.123. The van der Waals surface area contributed by atoms with Crippen LogP contribution in [0.3, 0.4) is 0 Å². The van der Waals surface area contributed by atoms with Crippen molar-refractivity contribution in [3.8, 4) is 5.75 Å². The van der Waals surface area contributed by atoms with Crippen molar-refractivity contribution in [1.29, 1.82) is 0 Å². The van der Waals surface area contributed by atoms with Gasteiger partial charge in [-0.1, -0.05) is 48.5 Å². The van der Waals surface area contributed by atoms with E-state index in [9.17, 15) is 4.79 Å². The van der Waals surface area contributed by atoms with Crippen molar-refractivity contribution in [3.05, 3.63) is 66.2 Å². The van der Waals surface area contributed by atoms with Gasteiger partial charge in [-0.25, -0.2) is 0 Å². The number of hydrogen-bond donors (Lipinski definition) is 0. The lowest BCUT2D eigenvalue weighted by Crippen LogP contribution is -2.44. The quantitative estimate of drug-likeness (QED) is 0.644. The van der Waals surface area contributed by atoms with Crippen molar-refractivity contribution in [2.45, 2.75) is 12.5 Å². The third-order valence-electron chi connectivity index (χ3n) is 4.42. The largest absolute Gasteiger partial charge is 0.487 e. The summed E-state index contributed by atoms with van der Waals surface area (Å²) in [6.07, 6.45) is 0.268. The van der Waals surface area contributed by atoms with Crippen LogP contribution in [-0.2, 0) is 20.7 Å². The molecule has 1 saturated heterocycles. The van der Waals surface area contributed by atoms with Crippen LogP contribution in [0.25, 0.3) is 0 Å². The first-order valence-electron chi connectivity index (χ1n) is 9.45. The van der Waals surface area contributed by atoms with Crippen molar-refractivity contribution in [3.63, 3.8) is 0 Å². The fourth-order valence-corrected chi connectivity index (χ4v) is 3.07. The molecular formula is C22H27NO4. The first-order valence-corrected chi connectivity index (χ1v) is 9.45. The van der Waals surface area contributed by atoms with E-state index < -0.39 is 0 Å². The van der Waals surface area contributed by atoms with Crippen molar-refractivity contribution in [2.24, 2.45) is 0 Å². The molecule has 0 N–H and O–H groups in total. The molecule has 1 heterocycles. The molecule has 0 spiro atoms. The second-order valence-electron chi connectivity index (χ2n) is 6.68. The van der Waals surface area contributed by atoms with Gasteiger partial charge in [0.05, 0.1) is 19.8 Å². The summed E-state index contributed by atoms with van der Waals surface area (Å²) in [4.78, 5) is 14.5. The topological polar surface area (TPSA) is 48.0 Å². The van der Waals surface area contributed by atoms with Crippen molar-refractivity contribution < 1.29 is 19.0 Å². The monoisotopic (exact) mass is 369 g/mol. The molecule has 1 unspecified atom stereocenters. The molecule has 0 aromatic heterocycles. The second-order valence-corrected chi connectivity index (χ2v) is 6.68. The highest BCUT2D eigenvalue weighted by Gasteiger charge is 2.19. The van der Waals surface area contributed by atoms with Gasteiger partial charge in [-0.2, -0.15) is 0 Å². The molecular weight excluding hydrogens is 342 g/mol. The highest BCUT2D eigenvalue weighted by molar-refractivity contribution is 5.82. The van der Waals surface area contributed by atoms with Gasteiger partial charge in [-0.05, 0) is 17.7 Å². The van der Waals surface area contributed by atoms with Gasteiger partial charge in [0.15, 0.2) is 5.78 Å². The first-order chi connectivity index (χ1) is 13.3. The molecule has 1 fully saturated rings. The zero-order valence-corrected chi connectivity index (χ0v) is 15.6. The van der Waals surface area contributed by atoms with Crippen LogP contribution in [0, 0.1) is 0 Å². The van der Waals surface area contributed by atoms with Gasteiger partial charge in [-0.3, -0.25) is 9.69 Å². The summed E-state index contributed by atoms with van der Waals surface area (Å²) in [6, 6.07) is 19.5. The van der Waals surface area contributed by atoms with E-state index in [1.165, 1.54) is 0 Å². The van der Waals surface area contributed by atoms with Crippen LogP contribution in [0.1, 0.15) is 5.56 Å². The van der Waals surface area contributed by atoms with Gasteiger partial charge in [0.2, 0.25) is 0 Å². The second kappa shape index (κ2) is 10.8. The van der Waals surface area contributed by atoms with Crippen LogP contribution in [0.4, 0.5) is 0 Å². The average Bonchev–Trinajstić information content (AvgIpc) is 2.70. The van der Waals surface area contributed by atoms with Crippen LogP contribution in [0.5, 0.6) is 5.75 Å². The number of hydrogen-bond acceptors (Lipinski definition) is 5. The fraction of sp³-hybridized carbons (Fsp3) is 0.409. The Labute approximate surface area is 160 Å². The van der Waals surface area contributed by atoms with E-state index in [-0.39, 0.29) is 18.5 Å². The van der Waals surface area contributed by atoms with E-state index in [1.54, 1.807) is 0 Å². The zero-order valence-electron chi connectivity index (χ0n) is 15.6. The number of rotatable bonds is 10. The minimum Gasteiger partial charge on any atom is -0.487 e. The summed E-state index contributed by atoms with van der Waals surface area (Å²) < 4.78 is 17.2. The highest BCUT2D eigenvalue weighted by Crippen LogP contribution is 2.13. The van der Waals surface area contributed by atoms with Crippen molar-refractivity contribution in [1.82, 2.24) is 4.90 Å². The van der Waals surface area contributed by atoms with Gasteiger partial charge in [0, 0.05) is 26.1 Å². The Morgan fingerprint density at radius 3 is 2.37 bits per heavy atom. The van der Waals surface area contributed by atoms with E-state index in [0.717, 1.165) is 44.2 Å². The number of morpholine rings is 1. The molecule has 2 aromatic carbocycles. The highest BCUT2D eigenvalue weighted by atomic mass is 16.5. The van der Waals surface area contributed by atoms with Crippen LogP contribution >= 0.6 is 0 Å². The van der Waals surface area contributed by atoms with Crippen LogP contribution < -0.4 is 4.74 Å². The summed E-state index contributed by atoms with van der Waals surface area (Å²) in [6.45, 7) is 4.51. The van der Waals surface area contributed by atoms with Crippen LogP contribution in [0.15, 0.2) is 60.7 Å². The standard InChI is InChI=1S/C22H27NO4/c24-20(15-19-7-3-1-4-8-19)17-26-18-22(16-23-11-13-25-14-12-23)27-21-9-5-2-6-10-21/h1-10,22H,11-18H2. The molecule has 5 heteroatoms. The Morgan fingerprint density at radius 1 is 1.00 bits per heavy atom. The van der Waals surface area contributed by atoms with Gasteiger partial charge in [-0.15, -0.1) is 0 Å². The van der Waals surface area contributed by atoms with Gasteiger partial charge >= 0.3 is 0 Å². The number of carbonyl (C=O) groups is 1. The maximum absolute atomic E-state index is 12.1. The molecule has 0 bridgehead atoms. The van der Waals surface area contributed by atoms with E-state index >= 15 is 0 Å². The van der Waals surface area contributed by atoms with E-state index in [2.05, 4.69) is 4.90 Å². The summed E-state index contributed by atoms with van der Waals surface area (Å²) in [7, 11) is 0. The molecule has 27 heavy (non-hydrogen) atoms. The molecule has 0 aliphatic carbocycles. The molecule has 3 rings (SSSR count). The van der Waals surface area contributed by atoms with Crippen molar-refractivity contribution in [2.75, 3.05) is 46.1 Å². The summed E-state index contributed by atoms with van der Waals surface area (Å²) in [5, 5.41) is 0. The van der Waals surface area contributed by atoms with E-state index in [0.29, 0.717) is 13.0 Å². The third-order valence-corrected chi connectivity index (χ3v) is 4.42. The number of carbonyl (C=O) groups excluding carboxylic acids is 1. The summed E-state index contributed by atoms with van der Waals surface area (Å²) in [5.41, 5.74) is 1.01. The number of benzene rings is 2. The Bertz CT molecular complexity index is 671. The number of Topliss-reactive ketones (excluding diaryl/α,β-unsaturated/α-hetero) is 1. The Morgan fingerprint density at radius 2 is 1.67 bits per heavy atom. The Balaban J connectivity index is 1.48. The molecule has 5 nitrogen and oxygen atoms in total. The lowest BCUT2D eigenvalue weighted by Gasteiger charge is -2.30. The fourth-order valence-electron chi connectivity index (χ4n) is 3.07.